The molecule has 1 fully saturated rings. The van der Waals surface area contributed by atoms with E-state index in [-0.39, 0.29) is 5.56 Å². The maximum Gasteiger partial charge on any atom is 0.293 e. The van der Waals surface area contributed by atoms with Crippen molar-refractivity contribution >= 4 is 17.2 Å². The zero-order valence-corrected chi connectivity index (χ0v) is 12.0. The van der Waals surface area contributed by atoms with Crippen molar-refractivity contribution < 1.29 is 0 Å². The summed E-state index contributed by atoms with van der Waals surface area (Å²) in [5, 5.41) is 2.24. The molecule has 0 bridgehead atoms. The van der Waals surface area contributed by atoms with Gasteiger partial charge >= 0.3 is 0 Å². The molecule has 0 spiro atoms. The first-order chi connectivity index (χ1) is 9.15. The van der Waals surface area contributed by atoms with Gasteiger partial charge < -0.3 is 9.47 Å². The van der Waals surface area contributed by atoms with Crippen LogP contribution in [0.2, 0.25) is 0 Å². The lowest BCUT2D eigenvalue weighted by atomic mass is 10.0. The van der Waals surface area contributed by atoms with E-state index < -0.39 is 0 Å². The van der Waals surface area contributed by atoms with Crippen LogP contribution in [-0.2, 0) is 7.05 Å². The van der Waals surface area contributed by atoms with Crippen LogP contribution in [0.4, 0.5) is 5.82 Å². The highest BCUT2D eigenvalue weighted by molar-refractivity contribution is 7.10. The van der Waals surface area contributed by atoms with Crippen molar-refractivity contribution in [1.29, 1.82) is 0 Å². The largest absolute Gasteiger partial charge is 0.351 e. The van der Waals surface area contributed by atoms with Gasteiger partial charge in [-0.2, -0.15) is 0 Å². The molecule has 1 atom stereocenters. The number of hydrogen-bond donors (Lipinski definition) is 0. The summed E-state index contributed by atoms with van der Waals surface area (Å²) in [6.07, 6.45) is 4.48. The molecule has 0 amide bonds. The highest BCUT2D eigenvalue weighted by atomic mass is 32.1. The lowest BCUT2D eigenvalue weighted by Gasteiger charge is -2.16. The lowest BCUT2D eigenvalue weighted by Crippen LogP contribution is -2.30. The molecule has 1 saturated heterocycles. The molecule has 0 saturated carbocycles. The Hall–Kier alpha value is -1.62. The quantitative estimate of drug-likeness (QED) is 0.843. The summed E-state index contributed by atoms with van der Waals surface area (Å²) < 4.78 is 1.59. The van der Waals surface area contributed by atoms with Crippen LogP contribution in [0.25, 0.3) is 0 Å². The van der Waals surface area contributed by atoms with Crippen molar-refractivity contribution in [2.24, 2.45) is 7.05 Å². The van der Waals surface area contributed by atoms with Crippen LogP contribution in [0.3, 0.4) is 0 Å². The van der Waals surface area contributed by atoms with E-state index in [0.717, 1.165) is 19.5 Å². The Balaban J connectivity index is 1.82. The average Bonchev–Trinajstić information content (AvgIpc) is 3.01. The summed E-state index contributed by atoms with van der Waals surface area (Å²) in [5.74, 6) is 1.11. The van der Waals surface area contributed by atoms with Crippen LogP contribution in [0, 0.1) is 6.92 Å². The monoisotopic (exact) mass is 275 g/mol. The van der Waals surface area contributed by atoms with E-state index >= 15 is 0 Å². The van der Waals surface area contributed by atoms with Crippen LogP contribution < -0.4 is 10.5 Å². The van der Waals surface area contributed by atoms with Gasteiger partial charge in [0.2, 0.25) is 0 Å². The lowest BCUT2D eigenvalue weighted by molar-refractivity contribution is 0.772. The van der Waals surface area contributed by atoms with E-state index in [4.69, 9.17) is 0 Å². The van der Waals surface area contributed by atoms with E-state index in [2.05, 4.69) is 28.3 Å². The molecule has 0 radical (unpaired) electrons. The van der Waals surface area contributed by atoms with Gasteiger partial charge in [-0.3, -0.25) is 4.79 Å². The zero-order chi connectivity index (χ0) is 13.4. The van der Waals surface area contributed by atoms with Gasteiger partial charge in [0.15, 0.2) is 5.82 Å². The summed E-state index contributed by atoms with van der Waals surface area (Å²) in [6, 6.07) is 2.26. The number of hydrogen-bond acceptors (Lipinski definition) is 4. The molecule has 2 aromatic rings. The molecule has 4 nitrogen and oxygen atoms in total. The minimum absolute atomic E-state index is 0.00958. The Kier molecular flexibility index (Phi) is 3.14. The number of aromatic nitrogens is 2. The molecule has 100 valence electrons. The second kappa shape index (κ2) is 4.81. The molecular weight excluding hydrogens is 258 g/mol. The highest BCUT2D eigenvalue weighted by Gasteiger charge is 2.26. The van der Waals surface area contributed by atoms with E-state index in [0.29, 0.717) is 11.7 Å². The van der Waals surface area contributed by atoms with Crippen molar-refractivity contribution in [3.63, 3.8) is 0 Å². The standard InChI is InChI=1S/C14H17N3OS/c1-10-7-12(9-19-10)11-3-5-17(8-11)13-14(18)16(2)6-4-15-13/h4,6-7,9,11H,3,5,8H2,1-2H3/t11-/m1/s1. The fourth-order valence-corrected chi connectivity index (χ4v) is 3.39. The first kappa shape index (κ1) is 12.4. The SMILES string of the molecule is Cc1cc([C@@H]2CCN(c3nccn(C)c3=O)C2)cs1. The fraction of sp³-hybridized carbons (Fsp3) is 0.429. The molecule has 2 aromatic heterocycles. The summed E-state index contributed by atoms with van der Waals surface area (Å²) >= 11 is 1.79. The highest BCUT2D eigenvalue weighted by Crippen LogP contribution is 2.31. The van der Waals surface area contributed by atoms with Crippen molar-refractivity contribution in [3.05, 3.63) is 44.6 Å². The van der Waals surface area contributed by atoms with Gasteiger partial charge in [-0.15, -0.1) is 11.3 Å². The molecule has 1 aliphatic heterocycles. The number of anilines is 1. The molecule has 5 heteroatoms. The molecule has 0 unspecified atom stereocenters. The molecule has 19 heavy (non-hydrogen) atoms. The Morgan fingerprint density at radius 3 is 3.05 bits per heavy atom. The van der Waals surface area contributed by atoms with Gasteiger partial charge in [0.05, 0.1) is 0 Å². The van der Waals surface area contributed by atoms with Crippen LogP contribution in [0.5, 0.6) is 0 Å². The number of nitrogens with zero attached hydrogens (tertiary/aromatic N) is 3. The van der Waals surface area contributed by atoms with Gasteiger partial charge in [0.25, 0.3) is 5.56 Å². The van der Waals surface area contributed by atoms with E-state index in [9.17, 15) is 4.79 Å². The van der Waals surface area contributed by atoms with Crippen molar-refractivity contribution in [2.45, 2.75) is 19.3 Å². The van der Waals surface area contributed by atoms with Crippen molar-refractivity contribution in [1.82, 2.24) is 9.55 Å². The predicted octanol–water partition coefficient (Wildman–Crippen LogP) is 2.14. The van der Waals surface area contributed by atoms with Crippen LogP contribution in [0.15, 0.2) is 28.6 Å². The van der Waals surface area contributed by atoms with E-state index in [1.54, 1.807) is 35.3 Å². The Labute approximate surface area is 116 Å². The number of rotatable bonds is 2. The summed E-state index contributed by atoms with van der Waals surface area (Å²) in [6.45, 7) is 3.93. The van der Waals surface area contributed by atoms with Gasteiger partial charge in [0, 0.05) is 43.3 Å². The summed E-state index contributed by atoms with van der Waals surface area (Å²) in [4.78, 5) is 19.8. The van der Waals surface area contributed by atoms with E-state index in [1.165, 1.54) is 10.4 Å². The minimum atomic E-state index is -0.00958. The third-order valence-corrected chi connectivity index (χ3v) is 4.59. The Morgan fingerprint density at radius 2 is 2.32 bits per heavy atom. The van der Waals surface area contributed by atoms with E-state index in [1.807, 2.05) is 0 Å². The summed E-state index contributed by atoms with van der Waals surface area (Å²) in [5.41, 5.74) is 1.39. The van der Waals surface area contributed by atoms with Gasteiger partial charge in [-0.1, -0.05) is 0 Å². The third-order valence-electron chi connectivity index (χ3n) is 3.71. The first-order valence-electron chi connectivity index (χ1n) is 6.47. The molecule has 0 aromatic carbocycles. The zero-order valence-electron chi connectivity index (χ0n) is 11.2. The molecule has 1 aliphatic rings. The normalized spacial score (nSPS) is 19.1. The Morgan fingerprint density at radius 1 is 1.47 bits per heavy atom. The summed E-state index contributed by atoms with van der Waals surface area (Å²) in [7, 11) is 1.77. The van der Waals surface area contributed by atoms with Crippen LogP contribution >= 0.6 is 11.3 Å². The number of aryl methyl sites for hydroxylation is 2. The van der Waals surface area contributed by atoms with Crippen molar-refractivity contribution in [3.8, 4) is 0 Å². The maximum absolute atomic E-state index is 12.1. The Bertz CT molecular complexity index is 646. The molecular formula is C14H17N3OS. The molecule has 3 rings (SSSR count). The average molecular weight is 275 g/mol. The van der Waals surface area contributed by atoms with Gasteiger partial charge in [-0.25, -0.2) is 4.98 Å². The first-order valence-corrected chi connectivity index (χ1v) is 7.35. The van der Waals surface area contributed by atoms with Crippen LogP contribution in [-0.4, -0.2) is 22.6 Å². The molecule has 0 N–H and O–H groups in total. The predicted molar refractivity (Wildman–Crippen MR) is 78.1 cm³/mol. The topological polar surface area (TPSA) is 38.1 Å². The second-order valence-corrected chi connectivity index (χ2v) is 6.20. The van der Waals surface area contributed by atoms with Gasteiger partial charge in [0.1, 0.15) is 0 Å². The maximum atomic E-state index is 12.1. The minimum Gasteiger partial charge on any atom is -0.351 e. The smallest absolute Gasteiger partial charge is 0.293 e. The molecule has 0 aliphatic carbocycles. The second-order valence-electron chi connectivity index (χ2n) is 5.09. The van der Waals surface area contributed by atoms with Crippen LogP contribution in [0.1, 0.15) is 22.8 Å². The van der Waals surface area contributed by atoms with Crippen molar-refractivity contribution in [2.75, 3.05) is 18.0 Å². The third kappa shape index (κ3) is 2.30. The number of thiophene rings is 1. The van der Waals surface area contributed by atoms with Gasteiger partial charge in [-0.05, 0) is 30.4 Å². The fourth-order valence-electron chi connectivity index (χ4n) is 2.60. The molecule has 3 heterocycles.